The first-order valence-corrected chi connectivity index (χ1v) is 12.6. The van der Waals surface area contributed by atoms with E-state index in [9.17, 15) is 4.79 Å². The van der Waals surface area contributed by atoms with Gasteiger partial charge < -0.3 is 15.0 Å². The smallest absolute Gasteiger partial charge is 0.259 e. The second-order valence-electron chi connectivity index (χ2n) is 8.52. The Labute approximate surface area is 193 Å². The van der Waals surface area contributed by atoms with Gasteiger partial charge in [0, 0.05) is 48.4 Å². The summed E-state index contributed by atoms with van der Waals surface area (Å²) in [5.74, 6) is 1.65. The van der Waals surface area contributed by atoms with Crippen LogP contribution >= 0.6 is 11.8 Å². The number of anilines is 2. The number of carbonyl (C=O) groups is 1. The van der Waals surface area contributed by atoms with Crippen LogP contribution < -0.4 is 10.2 Å². The van der Waals surface area contributed by atoms with Crippen molar-refractivity contribution in [3.05, 3.63) is 65.7 Å². The molecule has 1 aromatic heterocycles. The van der Waals surface area contributed by atoms with Gasteiger partial charge in [-0.3, -0.25) is 4.79 Å². The third-order valence-corrected chi connectivity index (χ3v) is 7.64. The topological polar surface area (TPSA) is 54.5 Å². The maximum Gasteiger partial charge on any atom is 0.259 e. The fourth-order valence-electron chi connectivity index (χ4n) is 4.44. The highest BCUT2D eigenvalue weighted by atomic mass is 32.2. The molecular weight excluding hydrogens is 418 g/mol. The lowest BCUT2D eigenvalue weighted by atomic mass is 10.1. The van der Waals surface area contributed by atoms with Gasteiger partial charge in [-0.15, -0.1) is 0 Å². The Balaban J connectivity index is 1.34. The Kier molecular flexibility index (Phi) is 6.60. The van der Waals surface area contributed by atoms with E-state index in [1.807, 2.05) is 54.2 Å². The normalized spacial score (nSPS) is 17.1. The quantitative estimate of drug-likeness (QED) is 0.541. The molecule has 2 aliphatic rings. The Morgan fingerprint density at radius 1 is 1.06 bits per heavy atom. The number of benzene rings is 2. The maximum absolute atomic E-state index is 13.4. The maximum atomic E-state index is 13.4. The molecule has 0 bridgehead atoms. The SMILES string of the molecule is O=C(Nc1cccc(CSC2CCOCC2)c1)c1cc2ccccc2nc1N1CCCC1. The number of nitrogens with one attached hydrogen (secondary N) is 1. The van der Waals surface area contributed by atoms with Crippen molar-refractivity contribution in [2.24, 2.45) is 0 Å². The molecule has 166 valence electrons. The Morgan fingerprint density at radius 3 is 2.72 bits per heavy atom. The fourth-order valence-corrected chi connectivity index (χ4v) is 5.57. The predicted molar refractivity (Wildman–Crippen MR) is 133 cm³/mol. The van der Waals surface area contributed by atoms with Crippen LogP contribution in [0.15, 0.2) is 54.6 Å². The molecule has 2 fully saturated rings. The lowest BCUT2D eigenvalue weighted by Crippen LogP contribution is -2.24. The Bertz CT molecular complexity index is 1090. The second-order valence-corrected chi connectivity index (χ2v) is 9.81. The van der Waals surface area contributed by atoms with E-state index in [0.717, 1.165) is 80.1 Å². The van der Waals surface area contributed by atoms with Crippen molar-refractivity contribution in [2.75, 3.05) is 36.5 Å². The van der Waals surface area contributed by atoms with Crippen LogP contribution in [-0.2, 0) is 10.5 Å². The van der Waals surface area contributed by atoms with Crippen LogP contribution in [0, 0.1) is 0 Å². The molecule has 2 aliphatic heterocycles. The van der Waals surface area contributed by atoms with E-state index in [0.29, 0.717) is 10.8 Å². The molecule has 1 N–H and O–H groups in total. The van der Waals surface area contributed by atoms with E-state index < -0.39 is 0 Å². The fraction of sp³-hybridized carbons (Fsp3) is 0.385. The van der Waals surface area contributed by atoms with Gasteiger partial charge in [0.25, 0.3) is 5.91 Å². The number of carbonyl (C=O) groups excluding carboxylic acids is 1. The van der Waals surface area contributed by atoms with E-state index in [1.54, 1.807) is 0 Å². The van der Waals surface area contributed by atoms with Crippen molar-refractivity contribution in [3.8, 4) is 0 Å². The number of hydrogen-bond donors (Lipinski definition) is 1. The van der Waals surface area contributed by atoms with Crippen LogP contribution in [0.2, 0.25) is 0 Å². The summed E-state index contributed by atoms with van der Waals surface area (Å²) in [5.41, 5.74) is 3.64. The molecule has 0 aliphatic carbocycles. The van der Waals surface area contributed by atoms with E-state index >= 15 is 0 Å². The van der Waals surface area contributed by atoms with Gasteiger partial charge in [0.2, 0.25) is 0 Å². The minimum absolute atomic E-state index is 0.0978. The molecule has 6 heteroatoms. The zero-order valence-corrected chi connectivity index (χ0v) is 19.1. The number of fused-ring (bicyclic) bond motifs is 1. The van der Waals surface area contributed by atoms with Crippen LogP contribution in [0.1, 0.15) is 41.6 Å². The van der Waals surface area contributed by atoms with E-state index in [1.165, 1.54) is 5.56 Å². The zero-order valence-electron chi connectivity index (χ0n) is 18.3. The minimum atomic E-state index is -0.0978. The summed E-state index contributed by atoms with van der Waals surface area (Å²) in [7, 11) is 0. The number of nitrogens with zero attached hydrogens (tertiary/aromatic N) is 2. The van der Waals surface area contributed by atoms with E-state index in [-0.39, 0.29) is 5.91 Å². The predicted octanol–water partition coefficient (Wildman–Crippen LogP) is 5.50. The highest BCUT2D eigenvalue weighted by Gasteiger charge is 2.22. The molecule has 3 aromatic rings. The molecule has 0 saturated carbocycles. The van der Waals surface area contributed by atoms with Gasteiger partial charge in [-0.1, -0.05) is 30.3 Å². The Morgan fingerprint density at radius 2 is 1.88 bits per heavy atom. The first-order chi connectivity index (χ1) is 15.8. The van der Waals surface area contributed by atoms with Crippen LogP contribution in [-0.4, -0.2) is 42.4 Å². The molecule has 32 heavy (non-hydrogen) atoms. The summed E-state index contributed by atoms with van der Waals surface area (Å²) in [4.78, 5) is 20.5. The van der Waals surface area contributed by atoms with Gasteiger partial charge in [0.1, 0.15) is 5.82 Å². The van der Waals surface area contributed by atoms with Gasteiger partial charge >= 0.3 is 0 Å². The number of thioether (sulfide) groups is 1. The number of para-hydroxylation sites is 1. The van der Waals surface area contributed by atoms with E-state index in [4.69, 9.17) is 9.72 Å². The standard InChI is InChI=1S/C26H29N3O2S/c30-26(27-21-8-5-6-19(16-21)18-32-22-10-14-31-15-11-22)23-17-20-7-1-2-9-24(20)28-25(23)29-12-3-4-13-29/h1-2,5-9,16-17,22H,3-4,10-15,18H2,(H,27,30). The highest BCUT2D eigenvalue weighted by Crippen LogP contribution is 2.29. The minimum Gasteiger partial charge on any atom is -0.381 e. The summed E-state index contributed by atoms with van der Waals surface area (Å²) in [6, 6.07) is 18.2. The van der Waals surface area contributed by atoms with Gasteiger partial charge in [-0.05, 0) is 55.5 Å². The average molecular weight is 448 g/mol. The highest BCUT2D eigenvalue weighted by molar-refractivity contribution is 7.99. The number of hydrogen-bond acceptors (Lipinski definition) is 5. The van der Waals surface area contributed by atoms with Crippen LogP contribution in [0.3, 0.4) is 0 Å². The molecule has 0 unspecified atom stereocenters. The van der Waals surface area contributed by atoms with Crippen LogP contribution in [0.5, 0.6) is 0 Å². The third-order valence-electron chi connectivity index (χ3n) is 6.19. The zero-order chi connectivity index (χ0) is 21.8. The first-order valence-electron chi connectivity index (χ1n) is 11.5. The molecule has 0 atom stereocenters. The van der Waals surface area contributed by atoms with Crippen molar-refractivity contribution < 1.29 is 9.53 Å². The first kappa shape index (κ1) is 21.3. The summed E-state index contributed by atoms with van der Waals surface area (Å²) in [5, 5.41) is 4.78. The van der Waals surface area contributed by atoms with Crippen LogP contribution in [0.25, 0.3) is 10.9 Å². The van der Waals surface area contributed by atoms with Crippen molar-refractivity contribution in [1.82, 2.24) is 4.98 Å². The van der Waals surface area contributed by atoms with Crippen molar-refractivity contribution in [1.29, 1.82) is 0 Å². The number of aromatic nitrogens is 1. The van der Waals surface area contributed by atoms with Crippen LogP contribution in [0.4, 0.5) is 11.5 Å². The summed E-state index contributed by atoms with van der Waals surface area (Å²) in [6.07, 6.45) is 4.52. The molecule has 5 nitrogen and oxygen atoms in total. The van der Waals surface area contributed by atoms with Crippen molar-refractivity contribution >= 4 is 40.1 Å². The molecule has 1 amide bonds. The van der Waals surface area contributed by atoms with Crippen molar-refractivity contribution in [2.45, 2.75) is 36.7 Å². The summed E-state index contributed by atoms with van der Waals surface area (Å²) >= 11 is 1.99. The Hall–Kier alpha value is -2.57. The monoisotopic (exact) mass is 447 g/mol. The lowest BCUT2D eigenvalue weighted by Gasteiger charge is -2.21. The second kappa shape index (κ2) is 9.92. The number of pyridine rings is 1. The number of rotatable bonds is 6. The number of amides is 1. The summed E-state index contributed by atoms with van der Waals surface area (Å²) in [6.45, 7) is 3.63. The average Bonchev–Trinajstić information content (AvgIpc) is 3.38. The van der Waals surface area contributed by atoms with Crippen molar-refractivity contribution in [3.63, 3.8) is 0 Å². The van der Waals surface area contributed by atoms with Gasteiger partial charge in [-0.2, -0.15) is 11.8 Å². The molecular formula is C26H29N3O2S. The molecule has 0 radical (unpaired) electrons. The van der Waals surface area contributed by atoms with E-state index in [2.05, 4.69) is 22.3 Å². The van der Waals surface area contributed by atoms with Gasteiger partial charge in [-0.25, -0.2) is 4.98 Å². The summed E-state index contributed by atoms with van der Waals surface area (Å²) < 4.78 is 5.46. The molecule has 0 spiro atoms. The third kappa shape index (κ3) is 4.92. The van der Waals surface area contributed by atoms with Gasteiger partial charge in [0.15, 0.2) is 0 Å². The number of ether oxygens (including phenoxy) is 1. The molecule has 3 heterocycles. The van der Waals surface area contributed by atoms with Gasteiger partial charge in [0.05, 0.1) is 11.1 Å². The lowest BCUT2D eigenvalue weighted by molar-refractivity contribution is 0.1000. The molecule has 5 rings (SSSR count). The molecule has 2 aromatic carbocycles. The largest absolute Gasteiger partial charge is 0.381 e. The molecule has 2 saturated heterocycles.